The molecule has 1 aliphatic carbocycles. The highest BCUT2D eigenvalue weighted by molar-refractivity contribution is 5.00. The number of hydrogen-bond acceptors (Lipinski definition) is 2. The zero-order valence-electron chi connectivity index (χ0n) is 14.3. The highest BCUT2D eigenvalue weighted by Crippen LogP contribution is 2.45. The van der Waals surface area contributed by atoms with E-state index in [1.807, 2.05) is 0 Å². The molecule has 0 amide bonds. The van der Waals surface area contributed by atoms with Crippen molar-refractivity contribution in [2.24, 2.45) is 17.1 Å². The van der Waals surface area contributed by atoms with Gasteiger partial charge < -0.3 is 5.73 Å². The number of hydrogen-bond donors (Lipinski definition) is 1. The van der Waals surface area contributed by atoms with Crippen LogP contribution in [0.4, 0.5) is 0 Å². The molecule has 2 nitrogen and oxygen atoms in total. The van der Waals surface area contributed by atoms with E-state index in [2.05, 4.69) is 32.6 Å². The van der Waals surface area contributed by atoms with E-state index in [-0.39, 0.29) is 0 Å². The van der Waals surface area contributed by atoms with Gasteiger partial charge in [-0.05, 0) is 62.8 Å². The summed E-state index contributed by atoms with van der Waals surface area (Å²) in [5.74, 6) is 0.882. The van der Waals surface area contributed by atoms with Crippen molar-refractivity contribution in [1.29, 1.82) is 0 Å². The molecule has 1 unspecified atom stereocenters. The van der Waals surface area contributed by atoms with Crippen molar-refractivity contribution in [3.63, 3.8) is 0 Å². The Kier molecular flexibility index (Phi) is 5.18. The van der Waals surface area contributed by atoms with Gasteiger partial charge >= 0.3 is 0 Å². The Morgan fingerprint density at radius 2 is 1.75 bits per heavy atom. The highest BCUT2D eigenvalue weighted by Gasteiger charge is 2.44. The fourth-order valence-electron chi connectivity index (χ4n) is 4.68. The Bertz CT molecular complexity index is 297. The fourth-order valence-corrected chi connectivity index (χ4v) is 4.68. The Hall–Kier alpha value is -0.0800. The van der Waals surface area contributed by atoms with Crippen LogP contribution in [0, 0.1) is 11.3 Å². The van der Waals surface area contributed by atoms with Crippen molar-refractivity contribution in [3.8, 4) is 0 Å². The number of nitrogens with zero attached hydrogens (tertiary/aromatic N) is 1. The largest absolute Gasteiger partial charge is 0.329 e. The Morgan fingerprint density at radius 1 is 1.10 bits per heavy atom. The van der Waals surface area contributed by atoms with Gasteiger partial charge in [-0.15, -0.1) is 0 Å². The van der Waals surface area contributed by atoms with Crippen LogP contribution in [0.2, 0.25) is 0 Å². The van der Waals surface area contributed by atoms with Gasteiger partial charge in [-0.25, -0.2) is 0 Å². The minimum absolute atomic E-state index is 0.322. The molecule has 2 aliphatic rings. The molecule has 2 fully saturated rings. The molecule has 1 saturated carbocycles. The molecule has 1 aliphatic heterocycles. The SMILES string of the molecule is CCC1CCCCN1C1(CN)CCC(C(C)(C)C)CC1. The topological polar surface area (TPSA) is 29.3 Å². The number of nitrogens with two attached hydrogens (primary N) is 1. The lowest BCUT2D eigenvalue weighted by molar-refractivity contribution is -0.0246. The van der Waals surface area contributed by atoms with Crippen molar-refractivity contribution < 1.29 is 0 Å². The molecule has 20 heavy (non-hydrogen) atoms. The maximum absolute atomic E-state index is 6.30. The third-order valence-corrected chi connectivity index (χ3v) is 6.23. The Balaban J connectivity index is 2.07. The summed E-state index contributed by atoms with van der Waals surface area (Å²) in [6, 6.07) is 0.790. The summed E-state index contributed by atoms with van der Waals surface area (Å²) in [6.45, 7) is 11.7. The van der Waals surface area contributed by atoms with E-state index in [4.69, 9.17) is 5.73 Å². The first kappa shape index (κ1) is 16.3. The van der Waals surface area contributed by atoms with E-state index < -0.39 is 0 Å². The predicted molar refractivity (Wildman–Crippen MR) is 87.8 cm³/mol. The highest BCUT2D eigenvalue weighted by atomic mass is 15.2. The zero-order chi connectivity index (χ0) is 14.8. The van der Waals surface area contributed by atoms with Gasteiger partial charge in [0, 0.05) is 18.1 Å². The molecule has 0 aromatic heterocycles. The molecule has 118 valence electrons. The van der Waals surface area contributed by atoms with E-state index in [0.717, 1.165) is 18.5 Å². The molecular formula is C18H36N2. The fraction of sp³-hybridized carbons (Fsp3) is 1.00. The molecule has 1 saturated heterocycles. The average molecular weight is 281 g/mol. The first-order valence-corrected chi connectivity index (χ1v) is 8.90. The normalized spacial score (nSPS) is 37.0. The van der Waals surface area contributed by atoms with Gasteiger partial charge in [0.1, 0.15) is 0 Å². The molecule has 0 aromatic carbocycles. The molecule has 1 atom stereocenters. The third-order valence-electron chi connectivity index (χ3n) is 6.23. The van der Waals surface area contributed by atoms with Gasteiger partial charge in [0.25, 0.3) is 0 Å². The minimum Gasteiger partial charge on any atom is -0.329 e. The van der Waals surface area contributed by atoms with Gasteiger partial charge in [-0.3, -0.25) is 4.90 Å². The van der Waals surface area contributed by atoms with Crippen LogP contribution in [0.25, 0.3) is 0 Å². The molecule has 2 heteroatoms. The molecule has 0 bridgehead atoms. The lowest BCUT2D eigenvalue weighted by Crippen LogP contribution is -2.60. The van der Waals surface area contributed by atoms with Gasteiger partial charge in [0.2, 0.25) is 0 Å². The first-order valence-electron chi connectivity index (χ1n) is 8.90. The second-order valence-corrected chi connectivity index (χ2v) is 8.32. The van der Waals surface area contributed by atoms with Crippen LogP contribution >= 0.6 is 0 Å². The maximum atomic E-state index is 6.30. The minimum atomic E-state index is 0.322. The smallest absolute Gasteiger partial charge is 0.0334 e. The van der Waals surface area contributed by atoms with Crippen molar-refractivity contribution in [2.75, 3.05) is 13.1 Å². The molecule has 2 N–H and O–H groups in total. The van der Waals surface area contributed by atoms with Gasteiger partial charge in [-0.1, -0.05) is 34.1 Å². The predicted octanol–water partition coefficient (Wildman–Crippen LogP) is 4.18. The first-order chi connectivity index (χ1) is 9.43. The van der Waals surface area contributed by atoms with Crippen molar-refractivity contribution in [2.45, 2.75) is 90.6 Å². The van der Waals surface area contributed by atoms with E-state index in [1.165, 1.54) is 57.9 Å². The van der Waals surface area contributed by atoms with Crippen LogP contribution in [-0.2, 0) is 0 Å². The molecule has 0 spiro atoms. The summed E-state index contributed by atoms with van der Waals surface area (Å²) in [6.07, 6.45) is 10.9. The van der Waals surface area contributed by atoms with E-state index in [0.29, 0.717) is 11.0 Å². The Morgan fingerprint density at radius 3 is 2.25 bits per heavy atom. The zero-order valence-corrected chi connectivity index (χ0v) is 14.3. The molecule has 2 rings (SSSR count). The monoisotopic (exact) mass is 280 g/mol. The second-order valence-electron chi connectivity index (χ2n) is 8.32. The Labute approximate surface area is 126 Å². The average Bonchev–Trinajstić information content (AvgIpc) is 2.46. The van der Waals surface area contributed by atoms with Crippen LogP contribution in [-0.4, -0.2) is 29.6 Å². The van der Waals surface area contributed by atoms with Gasteiger partial charge in [0.15, 0.2) is 0 Å². The molecular weight excluding hydrogens is 244 g/mol. The summed E-state index contributed by atoms with van der Waals surface area (Å²) in [5, 5.41) is 0. The second kappa shape index (κ2) is 6.36. The number of piperidine rings is 1. The lowest BCUT2D eigenvalue weighted by Gasteiger charge is -2.53. The molecule has 0 aromatic rings. The summed E-state index contributed by atoms with van der Waals surface area (Å²) >= 11 is 0. The van der Waals surface area contributed by atoms with Crippen LogP contribution in [0.3, 0.4) is 0 Å². The summed E-state index contributed by atoms with van der Waals surface area (Å²) in [7, 11) is 0. The number of likely N-dealkylation sites (tertiary alicyclic amines) is 1. The molecule has 0 radical (unpaired) electrons. The number of rotatable bonds is 3. The van der Waals surface area contributed by atoms with E-state index in [9.17, 15) is 0 Å². The van der Waals surface area contributed by atoms with Crippen LogP contribution in [0.5, 0.6) is 0 Å². The van der Waals surface area contributed by atoms with Crippen molar-refractivity contribution in [3.05, 3.63) is 0 Å². The summed E-state index contributed by atoms with van der Waals surface area (Å²) in [4.78, 5) is 2.83. The summed E-state index contributed by atoms with van der Waals surface area (Å²) < 4.78 is 0. The third kappa shape index (κ3) is 3.22. The van der Waals surface area contributed by atoms with Crippen molar-refractivity contribution in [1.82, 2.24) is 4.90 Å². The van der Waals surface area contributed by atoms with Gasteiger partial charge in [0.05, 0.1) is 0 Å². The summed E-state index contributed by atoms with van der Waals surface area (Å²) in [5.41, 5.74) is 7.09. The standard InChI is InChI=1S/C18H36N2/c1-5-16-8-6-7-13-20(16)18(14-19)11-9-15(10-12-18)17(2,3)4/h15-16H,5-14,19H2,1-4H3. The van der Waals surface area contributed by atoms with E-state index in [1.54, 1.807) is 0 Å². The lowest BCUT2D eigenvalue weighted by atomic mass is 9.66. The van der Waals surface area contributed by atoms with Gasteiger partial charge in [-0.2, -0.15) is 0 Å². The van der Waals surface area contributed by atoms with Crippen LogP contribution in [0.15, 0.2) is 0 Å². The quantitative estimate of drug-likeness (QED) is 0.840. The van der Waals surface area contributed by atoms with E-state index >= 15 is 0 Å². The molecule has 1 heterocycles. The van der Waals surface area contributed by atoms with Crippen LogP contribution in [0.1, 0.15) is 79.1 Å². The van der Waals surface area contributed by atoms with Crippen LogP contribution < -0.4 is 5.73 Å². The maximum Gasteiger partial charge on any atom is 0.0334 e. The van der Waals surface area contributed by atoms with Crippen molar-refractivity contribution >= 4 is 0 Å².